The van der Waals surface area contributed by atoms with Crippen molar-refractivity contribution in [3.63, 3.8) is 0 Å². The van der Waals surface area contributed by atoms with Crippen molar-refractivity contribution in [1.29, 1.82) is 0 Å². The van der Waals surface area contributed by atoms with E-state index in [0.717, 1.165) is 0 Å². The number of ether oxygens (including phenoxy) is 3. The summed E-state index contributed by atoms with van der Waals surface area (Å²) in [6.07, 6.45) is 0. The number of nitrogens with zero attached hydrogens (tertiary/aromatic N) is 1. The summed E-state index contributed by atoms with van der Waals surface area (Å²) in [7, 11) is 2.90. The fourth-order valence-electron chi connectivity index (χ4n) is 2.31. The van der Waals surface area contributed by atoms with E-state index in [0.29, 0.717) is 17.1 Å². The van der Waals surface area contributed by atoms with Gasteiger partial charge >= 0.3 is 5.97 Å². The second kappa shape index (κ2) is 8.11. The number of hydrogen-bond donors (Lipinski definition) is 0. The molecule has 0 unspecified atom stereocenters. The number of carbonyl (C=O) groups excluding carboxylic acids is 2. The molecular weight excluding hydrogens is 342 g/mol. The first-order valence-electron chi connectivity index (χ1n) is 7.54. The van der Waals surface area contributed by atoms with E-state index >= 15 is 0 Å². The van der Waals surface area contributed by atoms with E-state index in [1.54, 1.807) is 12.1 Å². The molecule has 0 aromatic heterocycles. The number of carbonyl (C=O) groups is 2. The molecule has 2 rings (SSSR count). The van der Waals surface area contributed by atoms with E-state index < -0.39 is 23.3 Å². The topological polar surface area (TPSA) is 105 Å². The molecule has 0 N–H and O–H groups in total. The molecule has 0 fully saturated rings. The summed E-state index contributed by atoms with van der Waals surface area (Å²) in [6, 6.07) is 8.51. The van der Waals surface area contributed by atoms with Gasteiger partial charge in [-0.3, -0.25) is 14.9 Å². The number of Topliss-reactive ketones (excluding diaryl/α,β-unsaturated/α-hetero) is 1. The van der Waals surface area contributed by atoms with Gasteiger partial charge in [-0.25, -0.2) is 4.79 Å². The van der Waals surface area contributed by atoms with Crippen LogP contribution < -0.4 is 9.47 Å². The van der Waals surface area contributed by atoms with Crippen molar-refractivity contribution in [2.24, 2.45) is 0 Å². The van der Waals surface area contributed by atoms with Crippen molar-refractivity contribution >= 4 is 17.4 Å². The van der Waals surface area contributed by atoms with E-state index in [4.69, 9.17) is 14.2 Å². The van der Waals surface area contributed by atoms with Gasteiger partial charge in [-0.05, 0) is 31.2 Å². The highest BCUT2D eigenvalue weighted by Crippen LogP contribution is 2.25. The molecule has 0 aliphatic heterocycles. The van der Waals surface area contributed by atoms with Crippen LogP contribution in [0.5, 0.6) is 11.5 Å². The normalized spacial score (nSPS) is 10.1. The molecule has 136 valence electrons. The zero-order valence-electron chi connectivity index (χ0n) is 14.5. The predicted octanol–water partition coefficient (Wildman–Crippen LogP) is 2.96. The largest absolute Gasteiger partial charge is 0.497 e. The maximum Gasteiger partial charge on any atom is 0.338 e. The third-order valence-corrected chi connectivity index (χ3v) is 3.67. The van der Waals surface area contributed by atoms with Crippen LogP contribution in [0.15, 0.2) is 36.4 Å². The summed E-state index contributed by atoms with van der Waals surface area (Å²) in [5, 5.41) is 10.8. The number of nitro benzene ring substituents is 1. The zero-order valence-corrected chi connectivity index (χ0v) is 14.5. The van der Waals surface area contributed by atoms with Crippen LogP contribution in [0.3, 0.4) is 0 Å². The summed E-state index contributed by atoms with van der Waals surface area (Å²) < 4.78 is 15.2. The lowest BCUT2D eigenvalue weighted by Crippen LogP contribution is -2.15. The molecule has 0 radical (unpaired) electrons. The number of aryl methyl sites for hydroxylation is 1. The van der Waals surface area contributed by atoms with E-state index in [2.05, 4.69) is 0 Å². The molecule has 0 saturated carbocycles. The smallest absolute Gasteiger partial charge is 0.338 e. The van der Waals surface area contributed by atoms with E-state index in [-0.39, 0.29) is 16.8 Å². The number of esters is 1. The third-order valence-electron chi connectivity index (χ3n) is 3.67. The van der Waals surface area contributed by atoms with Crippen LogP contribution in [0.1, 0.15) is 26.3 Å². The van der Waals surface area contributed by atoms with Crippen LogP contribution in [-0.2, 0) is 4.74 Å². The second-order valence-corrected chi connectivity index (χ2v) is 5.32. The SMILES string of the molecule is COc1ccc(C(=O)COC(=O)c2ccc([N+](=O)[O-])c(C)c2)c(OC)c1. The molecule has 0 atom stereocenters. The lowest BCUT2D eigenvalue weighted by atomic mass is 10.1. The summed E-state index contributed by atoms with van der Waals surface area (Å²) in [5.74, 6) is -0.367. The quantitative estimate of drug-likeness (QED) is 0.324. The molecule has 0 saturated heterocycles. The number of benzene rings is 2. The van der Waals surface area contributed by atoms with Crippen molar-refractivity contribution < 1.29 is 28.7 Å². The molecule has 8 nitrogen and oxygen atoms in total. The Kier molecular flexibility index (Phi) is 5.90. The number of nitro groups is 1. The van der Waals surface area contributed by atoms with E-state index in [1.165, 1.54) is 45.4 Å². The number of ketones is 1. The Morgan fingerprint density at radius 2 is 1.81 bits per heavy atom. The molecule has 0 spiro atoms. The van der Waals surface area contributed by atoms with Gasteiger partial charge in [0.05, 0.1) is 30.3 Å². The lowest BCUT2D eigenvalue weighted by Gasteiger charge is -2.10. The molecular formula is C18H17NO7. The molecule has 0 bridgehead atoms. The van der Waals surface area contributed by atoms with Gasteiger partial charge < -0.3 is 14.2 Å². The van der Waals surface area contributed by atoms with Gasteiger partial charge in [0, 0.05) is 17.7 Å². The first-order chi connectivity index (χ1) is 12.4. The van der Waals surface area contributed by atoms with Crippen LogP contribution >= 0.6 is 0 Å². The molecule has 2 aromatic rings. The van der Waals surface area contributed by atoms with E-state index in [1.807, 2.05) is 0 Å². The third kappa shape index (κ3) is 4.15. The van der Waals surface area contributed by atoms with Crippen molar-refractivity contribution in [2.75, 3.05) is 20.8 Å². The standard InChI is InChI=1S/C18H17NO7/c1-11-8-12(4-7-15(11)19(22)23)18(21)26-10-16(20)14-6-5-13(24-2)9-17(14)25-3/h4-9H,10H2,1-3H3. The number of rotatable bonds is 7. The highest BCUT2D eigenvalue weighted by molar-refractivity contribution is 6.01. The minimum atomic E-state index is -0.746. The average molecular weight is 359 g/mol. The Hall–Kier alpha value is -3.42. The van der Waals surface area contributed by atoms with Crippen LogP contribution in [-0.4, -0.2) is 37.5 Å². The minimum absolute atomic E-state index is 0.0967. The highest BCUT2D eigenvalue weighted by atomic mass is 16.6. The Balaban J connectivity index is 2.09. The van der Waals surface area contributed by atoms with Crippen molar-refractivity contribution in [2.45, 2.75) is 6.92 Å². The fraction of sp³-hybridized carbons (Fsp3) is 0.222. The van der Waals surface area contributed by atoms with Crippen LogP contribution in [0.4, 0.5) is 5.69 Å². The average Bonchev–Trinajstić information content (AvgIpc) is 2.64. The van der Waals surface area contributed by atoms with Gasteiger partial charge in [0.1, 0.15) is 11.5 Å². The summed E-state index contributed by atoms with van der Waals surface area (Å²) >= 11 is 0. The fourth-order valence-corrected chi connectivity index (χ4v) is 2.31. The van der Waals surface area contributed by atoms with Crippen molar-refractivity contribution in [3.05, 3.63) is 63.2 Å². The van der Waals surface area contributed by atoms with Crippen LogP contribution in [0, 0.1) is 17.0 Å². The molecule has 0 aliphatic rings. The molecule has 8 heteroatoms. The zero-order chi connectivity index (χ0) is 19.3. The molecule has 0 aliphatic carbocycles. The van der Waals surface area contributed by atoms with Gasteiger partial charge in [0.2, 0.25) is 5.78 Å². The first kappa shape index (κ1) is 18.9. The lowest BCUT2D eigenvalue weighted by molar-refractivity contribution is -0.385. The number of hydrogen-bond acceptors (Lipinski definition) is 7. The van der Waals surface area contributed by atoms with Gasteiger partial charge in [-0.2, -0.15) is 0 Å². The monoisotopic (exact) mass is 359 g/mol. The predicted molar refractivity (Wildman–Crippen MR) is 92.0 cm³/mol. The Morgan fingerprint density at radius 1 is 1.08 bits per heavy atom. The Morgan fingerprint density at radius 3 is 2.38 bits per heavy atom. The summed E-state index contributed by atoms with van der Waals surface area (Å²) in [6.45, 7) is 1.03. The molecule has 2 aromatic carbocycles. The van der Waals surface area contributed by atoms with Crippen LogP contribution in [0.2, 0.25) is 0 Å². The summed E-state index contributed by atoms with van der Waals surface area (Å²) in [4.78, 5) is 34.6. The van der Waals surface area contributed by atoms with E-state index in [9.17, 15) is 19.7 Å². The minimum Gasteiger partial charge on any atom is -0.497 e. The van der Waals surface area contributed by atoms with Crippen molar-refractivity contribution in [1.82, 2.24) is 0 Å². The van der Waals surface area contributed by atoms with Gasteiger partial charge in [0.15, 0.2) is 6.61 Å². The molecule has 26 heavy (non-hydrogen) atoms. The molecule has 0 heterocycles. The van der Waals surface area contributed by atoms with Gasteiger partial charge in [-0.15, -0.1) is 0 Å². The van der Waals surface area contributed by atoms with Crippen LogP contribution in [0.25, 0.3) is 0 Å². The first-order valence-corrected chi connectivity index (χ1v) is 7.54. The maximum atomic E-state index is 12.3. The molecule has 0 amide bonds. The summed E-state index contributed by atoms with van der Waals surface area (Å²) in [5.41, 5.74) is 0.608. The maximum absolute atomic E-state index is 12.3. The van der Waals surface area contributed by atoms with Gasteiger partial charge in [-0.1, -0.05) is 0 Å². The second-order valence-electron chi connectivity index (χ2n) is 5.32. The highest BCUT2D eigenvalue weighted by Gasteiger charge is 2.18. The van der Waals surface area contributed by atoms with Gasteiger partial charge in [0.25, 0.3) is 5.69 Å². The Bertz CT molecular complexity index is 861. The Labute approximate surface area is 149 Å². The van der Waals surface area contributed by atoms with Crippen molar-refractivity contribution in [3.8, 4) is 11.5 Å². The number of methoxy groups -OCH3 is 2.